The van der Waals surface area contributed by atoms with Crippen molar-refractivity contribution in [3.63, 3.8) is 0 Å². The Labute approximate surface area is 224 Å². The van der Waals surface area contributed by atoms with Crippen LogP contribution in [-0.4, -0.2) is 40.6 Å². The van der Waals surface area contributed by atoms with Gasteiger partial charge in [0.2, 0.25) is 11.6 Å². The Morgan fingerprint density at radius 1 is 0.974 bits per heavy atom. The van der Waals surface area contributed by atoms with Gasteiger partial charge in [0.25, 0.3) is 0 Å². The molecule has 1 aliphatic heterocycles. The minimum absolute atomic E-state index is 0.00158. The zero-order valence-electron chi connectivity index (χ0n) is 21.7. The van der Waals surface area contributed by atoms with E-state index in [9.17, 15) is 36.6 Å². The molecule has 0 radical (unpaired) electrons. The van der Waals surface area contributed by atoms with Crippen molar-refractivity contribution >= 4 is 11.9 Å². The molecule has 4 nitrogen and oxygen atoms in total. The van der Waals surface area contributed by atoms with E-state index in [-0.39, 0.29) is 23.7 Å². The Morgan fingerprint density at radius 3 is 2.23 bits per heavy atom. The Bertz CT molecular complexity index is 1250. The number of likely N-dealkylation sites (tertiary alicyclic amines) is 1. The summed E-state index contributed by atoms with van der Waals surface area (Å²) < 4.78 is 68.9. The van der Waals surface area contributed by atoms with E-state index in [0.717, 1.165) is 11.1 Å². The molecular weight excluding hydrogens is 517 g/mol. The summed E-state index contributed by atoms with van der Waals surface area (Å²) in [6.45, 7) is 0.998. The van der Waals surface area contributed by atoms with Gasteiger partial charge in [0.05, 0.1) is 5.92 Å². The van der Waals surface area contributed by atoms with E-state index in [0.29, 0.717) is 70.4 Å². The maximum atomic E-state index is 14.8. The monoisotopic (exact) mass is 549 g/mol. The first-order valence-electron chi connectivity index (χ1n) is 13.5. The van der Waals surface area contributed by atoms with E-state index >= 15 is 0 Å². The lowest BCUT2D eigenvalue weighted by Crippen LogP contribution is -2.51. The number of hydrogen-bond acceptors (Lipinski definition) is 2. The molecule has 3 aliphatic rings. The third-order valence-corrected chi connectivity index (χ3v) is 9.36. The van der Waals surface area contributed by atoms with Gasteiger partial charge in [-0.05, 0) is 92.7 Å². The number of amides is 1. The Kier molecular flexibility index (Phi) is 7.00. The van der Waals surface area contributed by atoms with Crippen molar-refractivity contribution in [1.29, 1.82) is 0 Å². The normalized spacial score (nSPS) is 28.4. The van der Waals surface area contributed by atoms with Crippen LogP contribution in [0, 0.1) is 17.7 Å². The molecular formula is C30H32F5NO3. The van der Waals surface area contributed by atoms with E-state index in [2.05, 4.69) is 0 Å². The summed E-state index contributed by atoms with van der Waals surface area (Å²) in [5.41, 5.74) is -2.23. The summed E-state index contributed by atoms with van der Waals surface area (Å²) in [6, 6.07) is 10.0. The van der Waals surface area contributed by atoms with Crippen molar-refractivity contribution in [1.82, 2.24) is 4.90 Å². The molecule has 0 aromatic heterocycles. The number of carboxylic acid groups (broad SMARTS) is 1. The number of rotatable bonds is 5. The van der Waals surface area contributed by atoms with Crippen molar-refractivity contribution in [2.75, 3.05) is 6.54 Å². The second kappa shape index (κ2) is 9.89. The predicted molar refractivity (Wildman–Crippen MR) is 134 cm³/mol. The first kappa shape index (κ1) is 27.6. The predicted octanol–water partition coefficient (Wildman–Crippen LogP) is 6.49. The summed E-state index contributed by atoms with van der Waals surface area (Å²) in [5.74, 6) is -1.91. The molecule has 1 heterocycles. The Hall–Kier alpha value is -2.97. The smallest absolute Gasteiger partial charge is 0.426 e. The number of carbonyl (C=O) groups excluding carboxylic acids is 1. The summed E-state index contributed by atoms with van der Waals surface area (Å²) >= 11 is 0. The quantitative estimate of drug-likeness (QED) is 0.434. The highest BCUT2D eigenvalue weighted by atomic mass is 19.4. The third-order valence-electron chi connectivity index (χ3n) is 9.36. The van der Waals surface area contributed by atoms with Gasteiger partial charge in [-0.15, -0.1) is 0 Å². The molecule has 0 spiro atoms. The topological polar surface area (TPSA) is 57.6 Å². The van der Waals surface area contributed by atoms with Gasteiger partial charge in [0.15, 0.2) is 0 Å². The number of carboxylic acids is 1. The van der Waals surface area contributed by atoms with Gasteiger partial charge in [-0.2, -0.15) is 13.2 Å². The van der Waals surface area contributed by atoms with Gasteiger partial charge in [-0.25, -0.2) is 8.78 Å². The Morgan fingerprint density at radius 2 is 1.62 bits per heavy atom. The van der Waals surface area contributed by atoms with Gasteiger partial charge in [0, 0.05) is 23.9 Å². The molecule has 5 rings (SSSR count). The molecule has 2 aromatic rings. The van der Waals surface area contributed by atoms with Gasteiger partial charge in [-0.3, -0.25) is 9.59 Å². The minimum Gasteiger partial charge on any atom is -0.481 e. The molecule has 9 heteroatoms. The average molecular weight is 550 g/mol. The van der Waals surface area contributed by atoms with Crippen LogP contribution in [0.25, 0.3) is 0 Å². The van der Waals surface area contributed by atoms with Crippen molar-refractivity contribution in [3.8, 4) is 0 Å². The molecule has 2 fully saturated rings. The molecule has 2 aromatic carbocycles. The number of nitrogens with zero attached hydrogens (tertiary/aromatic N) is 1. The van der Waals surface area contributed by atoms with Gasteiger partial charge < -0.3 is 10.0 Å². The average Bonchev–Trinajstić information content (AvgIpc) is 3.28. The minimum atomic E-state index is -5.06. The van der Waals surface area contributed by atoms with Crippen molar-refractivity contribution < 1.29 is 36.6 Å². The molecule has 1 saturated heterocycles. The van der Waals surface area contributed by atoms with Crippen LogP contribution in [0.5, 0.6) is 0 Å². The molecule has 1 unspecified atom stereocenters. The summed E-state index contributed by atoms with van der Waals surface area (Å²) in [4.78, 5) is 27.0. The van der Waals surface area contributed by atoms with Crippen molar-refractivity contribution in [3.05, 3.63) is 70.5 Å². The van der Waals surface area contributed by atoms with E-state index < -0.39 is 34.7 Å². The van der Waals surface area contributed by atoms with Gasteiger partial charge in [-0.1, -0.05) is 30.3 Å². The highest BCUT2D eigenvalue weighted by Crippen LogP contribution is 2.51. The second-order valence-corrected chi connectivity index (χ2v) is 11.6. The molecule has 1 N–H and O–H groups in total. The van der Waals surface area contributed by atoms with Crippen LogP contribution in [0.4, 0.5) is 22.0 Å². The lowest BCUT2D eigenvalue weighted by molar-refractivity contribution is -0.228. The van der Waals surface area contributed by atoms with Crippen LogP contribution in [0.15, 0.2) is 42.5 Å². The maximum Gasteiger partial charge on any atom is 0.426 e. The first-order chi connectivity index (χ1) is 18.3. The zero-order valence-corrected chi connectivity index (χ0v) is 21.7. The number of fused-ring (bicyclic) bond motifs is 3. The molecule has 39 heavy (non-hydrogen) atoms. The van der Waals surface area contributed by atoms with Crippen LogP contribution in [-0.2, 0) is 33.5 Å². The lowest BCUT2D eigenvalue weighted by Gasteiger charge is -2.45. The van der Waals surface area contributed by atoms with Crippen LogP contribution in [0.2, 0.25) is 0 Å². The fraction of sp³-hybridized carbons (Fsp3) is 0.533. The summed E-state index contributed by atoms with van der Waals surface area (Å²) in [7, 11) is 0. The Balaban J connectivity index is 1.49. The fourth-order valence-electron chi connectivity index (χ4n) is 7.07. The fourth-order valence-corrected chi connectivity index (χ4v) is 7.07. The zero-order chi connectivity index (χ0) is 28.2. The van der Waals surface area contributed by atoms with Gasteiger partial charge >= 0.3 is 12.1 Å². The number of halogens is 5. The SMILES string of the molecule is CC(F)(c1ccc2c(c1)CC[C@H]1N(C(=O)[C@H]3CC[C@H](C(=O)O)CC3)CC[C@@]21Cc1ccc(F)cc1)C(F)(F)F. The van der Waals surface area contributed by atoms with E-state index in [1.807, 2.05) is 4.90 Å². The number of benzene rings is 2. The molecule has 1 saturated carbocycles. The van der Waals surface area contributed by atoms with Crippen LogP contribution in [0.3, 0.4) is 0 Å². The number of alkyl halides is 4. The molecule has 3 atom stereocenters. The number of aliphatic carboxylic acids is 1. The second-order valence-electron chi connectivity index (χ2n) is 11.6. The largest absolute Gasteiger partial charge is 0.481 e. The van der Waals surface area contributed by atoms with E-state index in [1.54, 1.807) is 18.2 Å². The van der Waals surface area contributed by atoms with Crippen molar-refractivity contribution in [2.24, 2.45) is 11.8 Å². The third kappa shape index (κ3) is 4.82. The van der Waals surface area contributed by atoms with Crippen LogP contribution < -0.4 is 0 Å². The maximum absolute atomic E-state index is 14.8. The molecule has 0 bridgehead atoms. The summed E-state index contributed by atoms with van der Waals surface area (Å²) in [5, 5.41) is 9.32. The highest BCUT2D eigenvalue weighted by Gasteiger charge is 2.56. The number of carbonyl (C=O) groups is 2. The van der Waals surface area contributed by atoms with Crippen LogP contribution in [0.1, 0.15) is 67.7 Å². The van der Waals surface area contributed by atoms with Crippen molar-refractivity contribution in [2.45, 2.75) is 81.6 Å². The number of hydrogen-bond donors (Lipinski definition) is 1. The standard InChI is InChI=1S/C30H32F5NO3/c1-28(32,30(33,34)35)22-9-12-24-21(16-22)8-13-25-29(24,17-18-2-10-23(31)11-3-18)14-15-36(25)26(37)19-4-6-20(7-5-19)27(38)39/h2-3,9-12,16,19-20,25H,4-8,13-15,17H2,1H3,(H,38,39)/t19-,20-,25-,28?,29-/m1/s1. The number of aryl methyl sites for hydroxylation is 1. The molecule has 2 aliphatic carbocycles. The first-order valence-corrected chi connectivity index (χ1v) is 13.5. The summed E-state index contributed by atoms with van der Waals surface area (Å²) in [6.07, 6.45) is -1.16. The van der Waals surface area contributed by atoms with E-state index in [1.165, 1.54) is 24.3 Å². The lowest BCUT2D eigenvalue weighted by atomic mass is 9.63. The van der Waals surface area contributed by atoms with E-state index in [4.69, 9.17) is 0 Å². The van der Waals surface area contributed by atoms with Gasteiger partial charge in [0.1, 0.15) is 5.82 Å². The highest BCUT2D eigenvalue weighted by molar-refractivity contribution is 5.80. The van der Waals surface area contributed by atoms with Crippen LogP contribution >= 0.6 is 0 Å². The molecule has 210 valence electrons. The molecule has 1 amide bonds.